The van der Waals surface area contributed by atoms with Gasteiger partial charge in [0, 0.05) is 11.8 Å². The van der Waals surface area contributed by atoms with Gasteiger partial charge in [0.2, 0.25) is 0 Å². The zero-order valence-electron chi connectivity index (χ0n) is 10.4. The molecule has 98 valence electrons. The Morgan fingerprint density at radius 3 is 3.00 bits per heavy atom. The Morgan fingerprint density at radius 1 is 1.44 bits per heavy atom. The third kappa shape index (κ3) is 3.48. The van der Waals surface area contributed by atoms with E-state index in [0.717, 1.165) is 29.8 Å². The van der Waals surface area contributed by atoms with E-state index in [1.54, 1.807) is 0 Å². The molecule has 1 unspecified atom stereocenters. The molecule has 0 saturated heterocycles. The average molecular weight is 266 g/mol. The lowest BCUT2D eigenvalue weighted by molar-refractivity contribution is 0.254. The first kappa shape index (κ1) is 13.4. The van der Waals surface area contributed by atoms with Crippen LogP contribution in [0.25, 0.3) is 11.1 Å². The summed E-state index contributed by atoms with van der Waals surface area (Å²) in [5.74, 6) is 0.753. The molecule has 0 aliphatic rings. The number of aliphatic hydroxyl groups is 1. The predicted octanol–water partition coefficient (Wildman–Crippen LogP) is 2.28. The van der Waals surface area contributed by atoms with E-state index < -0.39 is 0 Å². The second kappa shape index (κ2) is 6.78. The zero-order valence-corrected chi connectivity index (χ0v) is 11.2. The highest BCUT2D eigenvalue weighted by molar-refractivity contribution is 7.99. The minimum absolute atomic E-state index is 0.0879. The molecule has 2 rings (SSSR count). The van der Waals surface area contributed by atoms with E-state index in [-0.39, 0.29) is 12.6 Å². The Kier molecular flexibility index (Phi) is 5.04. The van der Waals surface area contributed by atoms with E-state index in [2.05, 4.69) is 17.2 Å². The molecule has 1 aromatic heterocycles. The lowest BCUT2D eigenvalue weighted by Crippen LogP contribution is -2.35. The van der Waals surface area contributed by atoms with Crippen molar-refractivity contribution < 1.29 is 9.52 Å². The summed E-state index contributed by atoms with van der Waals surface area (Å²) in [5.41, 5.74) is 1.68. The van der Waals surface area contributed by atoms with Gasteiger partial charge in [0.15, 0.2) is 5.58 Å². The zero-order chi connectivity index (χ0) is 12.8. The Balaban J connectivity index is 1.92. The molecule has 0 saturated carbocycles. The first-order valence-electron chi connectivity index (χ1n) is 6.16. The van der Waals surface area contributed by atoms with Crippen LogP contribution in [-0.2, 0) is 0 Å². The fraction of sp³-hybridized carbons (Fsp3) is 0.462. The monoisotopic (exact) mass is 266 g/mol. The Hall–Kier alpha value is -1.04. The average Bonchev–Trinajstić information content (AvgIpc) is 2.81. The maximum absolute atomic E-state index is 9.24. The molecule has 1 atom stereocenters. The number of para-hydroxylation sites is 2. The van der Waals surface area contributed by atoms with Gasteiger partial charge >= 0.3 is 0 Å². The minimum atomic E-state index is 0.0879. The maximum atomic E-state index is 9.24. The Morgan fingerprint density at radius 2 is 2.28 bits per heavy atom. The number of benzene rings is 1. The highest BCUT2D eigenvalue weighted by atomic mass is 32.2. The smallest absolute Gasteiger partial charge is 0.256 e. The third-order valence-corrected chi connectivity index (χ3v) is 3.58. The van der Waals surface area contributed by atoms with Crippen LogP contribution in [-0.4, -0.2) is 35.0 Å². The van der Waals surface area contributed by atoms with Gasteiger partial charge in [-0.3, -0.25) is 0 Å². The second-order valence-corrected chi connectivity index (χ2v) is 5.06. The molecule has 0 spiro atoms. The van der Waals surface area contributed by atoms with Crippen molar-refractivity contribution >= 4 is 22.9 Å². The molecule has 0 amide bonds. The van der Waals surface area contributed by atoms with Crippen LogP contribution in [0.4, 0.5) is 0 Å². The molecule has 4 nitrogen and oxygen atoms in total. The molecule has 1 aromatic carbocycles. The minimum Gasteiger partial charge on any atom is -0.431 e. The highest BCUT2D eigenvalue weighted by Gasteiger charge is 2.10. The summed E-state index contributed by atoms with van der Waals surface area (Å²) >= 11 is 1.53. The highest BCUT2D eigenvalue weighted by Crippen LogP contribution is 2.23. The second-order valence-electron chi connectivity index (χ2n) is 4.09. The van der Waals surface area contributed by atoms with Crippen molar-refractivity contribution in [3.63, 3.8) is 0 Å². The van der Waals surface area contributed by atoms with E-state index in [9.17, 15) is 5.11 Å². The molecule has 2 aromatic rings. The first-order valence-corrected chi connectivity index (χ1v) is 7.14. The van der Waals surface area contributed by atoms with Crippen LogP contribution in [0, 0.1) is 0 Å². The van der Waals surface area contributed by atoms with Crippen molar-refractivity contribution in [2.45, 2.75) is 24.6 Å². The first-order chi connectivity index (χ1) is 8.83. The number of rotatable bonds is 7. The van der Waals surface area contributed by atoms with Crippen LogP contribution in [0.2, 0.25) is 0 Å². The number of oxazole rings is 1. The van der Waals surface area contributed by atoms with Crippen LogP contribution in [0.15, 0.2) is 33.9 Å². The number of aliphatic hydroxyl groups excluding tert-OH is 1. The summed E-state index contributed by atoms with van der Waals surface area (Å²) < 4.78 is 5.61. The van der Waals surface area contributed by atoms with Crippen molar-refractivity contribution in [2.75, 3.05) is 18.9 Å². The molecular weight excluding hydrogens is 248 g/mol. The number of fused-ring (bicyclic) bond motifs is 1. The maximum Gasteiger partial charge on any atom is 0.256 e. The number of nitrogens with one attached hydrogen (secondary N) is 1. The molecule has 2 N–H and O–H groups in total. The molecule has 1 heterocycles. The van der Waals surface area contributed by atoms with Gasteiger partial charge in [-0.1, -0.05) is 30.8 Å². The molecule has 0 aliphatic heterocycles. The normalized spacial score (nSPS) is 13.0. The van der Waals surface area contributed by atoms with Crippen LogP contribution < -0.4 is 5.32 Å². The fourth-order valence-electron chi connectivity index (χ4n) is 1.61. The summed E-state index contributed by atoms with van der Waals surface area (Å²) in [6, 6.07) is 7.80. The van der Waals surface area contributed by atoms with Crippen LogP contribution >= 0.6 is 11.8 Å². The van der Waals surface area contributed by atoms with Gasteiger partial charge < -0.3 is 14.8 Å². The van der Waals surface area contributed by atoms with E-state index in [4.69, 9.17) is 4.42 Å². The van der Waals surface area contributed by atoms with Crippen molar-refractivity contribution in [3.05, 3.63) is 24.3 Å². The van der Waals surface area contributed by atoms with Crippen molar-refractivity contribution in [3.8, 4) is 0 Å². The number of hydrogen-bond acceptors (Lipinski definition) is 5. The van der Waals surface area contributed by atoms with E-state index in [1.165, 1.54) is 11.8 Å². The molecule has 0 radical (unpaired) electrons. The third-order valence-electron chi connectivity index (χ3n) is 2.59. The number of aromatic nitrogens is 1. The van der Waals surface area contributed by atoms with Crippen molar-refractivity contribution in [1.29, 1.82) is 0 Å². The van der Waals surface area contributed by atoms with Crippen LogP contribution in [0.1, 0.15) is 13.3 Å². The van der Waals surface area contributed by atoms with Gasteiger partial charge in [-0.15, -0.1) is 0 Å². The van der Waals surface area contributed by atoms with Crippen LogP contribution in [0.5, 0.6) is 0 Å². The van der Waals surface area contributed by atoms with Gasteiger partial charge in [-0.05, 0) is 25.1 Å². The number of nitrogens with zero attached hydrogens (tertiary/aromatic N) is 1. The fourth-order valence-corrected chi connectivity index (χ4v) is 2.49. The molecule has 0 fully saturated rings. The summed E-state index contributed by atoms with van der Waals surface area (Å²) in [6.07, 6.45) is 1.06. The number of hydrogen-bond donors (Lipinski definition) is 2. The largest absolute Gasteiger partial charge is 0.431 e. The van der Waals surface area contributed by atoms with Gasteiger partial charge in [0.05, 0.1) is 6.61 Å². The number of thioether (sulfide) groups is 1. The van der Waals surface area contributed by atoms with E-state index in [1.807, 2.05) is 24.3 Å². The Bertz CT molecular complexity index is 454. The summed E-state index contributed by atoms with van der Waals surface area (Å²) in [6.45, 7) is 3.15. The van der Waals surface area contributed by atoms with E-state index >= 15 is 0 Å². The van der Waals surface area contributed by atoms with Crippen LogP contribution in [0.3, 0.4) is 0 Å². The van der Waals surface area contributed by atoms with Gasteiger partial charge in [-0.2, -0.15) is 0 Å². The van der Waals surface area contributed by atoms with Gasteiger partial charge in [-0.25, -0.2) is 4.98 Å². The molecule has 0 aliphatic carbocycles. The molecule has 0 bridgehead atoms. The summed E-state index contributed by atoms with van der Waals surface area (Å²) in [5, 5.41) is 13.2. The topological polar surface area (TPSA) is 58.3 Å². The standard InChI is InChI=1S/C13H18N2O2S/c1-2-7-14-10(8-16)9-18-13-15-11-5-3-4-6-12(11)17-13/h3-6,10,14,16H,2,7-9H2,1H3. The lowest BCUT2D eigenvalue weighted by Gasteiger charge is -2.13. The Labute approximate surface area is 111 Å². The van der Waals surface area contributed by atoms with Crippen molar-refractivity contribution in [1.82, 2.24) is 10.3 Å². The van der Waals surface area contributed by atoms with Gasteiger partial charge in [0.1, 0.15) is 5.52 Å². The van der Waals surface area contributed by atoms with E-state index in [0.29, 0.717) is 5.22 Å². The summed E-state index contributed by atoms with van der Waals surface area (Å²) in [4.78, 5) is 4.39. The summed E-state index contributed by atoms with van der Waals surface area (Å²) in [7, 11) is 0. The SMILES string of the molecule is CCCNC(CO)CSc1nc2ccccc2o1. The predicted molar refractivity (Wildman–Crippen MR) is 73.9 cm³/mol. The molecule has 5 heteroatoms. The lowest BCUT2D eigenvalue weighted by atomic mass is 10.3. The quantitative estimate of drug-likeness (QED) is 0.753. The van der Waals surface area contributed by atoms with Crippen molar-refractivity contribution in [2.24, 2.45) is 0 Å². The molecule has 18 heavy (non-hydrogen) atoms. The van der Waals surface area contributed by atoms with Gasteiger partial charge in [0.25, 0.3) is 5.22 Å². The molecular formula is C13H18N2O2S.